The van der Waals surface area contributed by atoms with Gasteiger partial charge in [0, 0.05) is 0 Å². The predicted molar refractivity (Wildman–Crippen MR) is 119 cm³/mol. The SMILES string of the molecule is CC1(C)COO1.CCCCCCCCCC(=O)OOC(=O)CCCCCCCCC. The highest BCUT2D eigenvalue weighted by Gasteiger charge is 2.29. The van der Waals surface area contributed by atoms with Gasteiger partial charge >= 0.3 is 11.9 Å². The Morgan fingerprint density at radius 2 is 0.967 bits per heavy atom. The van der Waals surface area contributed by atoms with E-state index in [0.29, 0.717) is 12.8 Å². The van der Waals surface area contributed by atoms with Crippen molar-refractivity contribution in [1.82, 2.24) is 0 Å². The molecule has 30 heavy (non-hydrogen) atoms. The van der Waals surface area contributed by atoms with Crippen molar-refractivity contribution in [2.45, 2.75) is 136 Å². The van der Waals surface area contributed by atoms with Crippen molar-refractivity contribution in [2.24, 2.45) is 0 Å². The Balaban J connectivity index is 0.00000118. The molecule has 0 atom stereocenters. The summed E-state index contributed by atoms with van der Waals surface area (Å²) in [6.45, 7) is 9.09. The van der Waals surface area contributed by atoms with Gasteiger partial charge in [0.15, 0.2) is 0 Å². The molecule has 0 amide bonds. The molecule has 0 aromatic carbocycles. The zero-order chi connectivity index (χ0) is 22.5. The van der Waals surface area contributed by atoms with E-state index in [-0.39, 0.29) is 5.60 Å². The monoisotopic (exact) mass is 430 g/mol. The second-order valence-electron chi connectivity index (χ2n) is 8.76. The Morgan fingerprint density at radius 1 is 0.667 bits per heavy atom. The molecule has 0 radical (unpaired) electrons. The fraction of sp³-hybridized carbons (Fsp3) is 0.917. The van der Waals surface area contributed by atoms with Gasteiger partial charge in [-0.2, -0.15) is 0 Å². The summed E-state index contributed by atoms with van der Waals surface area (Å²) >= 11 is 0. The topological polar surface area (TPSA) is 71.1 Å². The van der Waals surface area contributed by atoms with Crippen LogP contribution >= 0.6 is 0 Å². The van der Waals surface area contributed by atoms with E-state index in [0.717, 1.165) is 45.1 Å². The van der Waals surface area contributed by atoms with Crippen molar-refractivity contribution in [2.75, 3.05) is 6.61 Å². The molecule has 6 heteroatoms. The highest BCUT2D eigenvalue weighted by atomic mass is 17.2. The largest absolute Gasteiger partial charge is 0.355 e. The lowest BCUT2D eigenvalue weighted by molar-refractivity contribution is -0.460. The smallest absolute Gasteiger partial charge is 0.247 e. The lowest BCUT2D eigenvalue weighted by Crippen LogP contribution is -2.40. The van der Waals surface area contributed by atoms with Gasteiger partial charge in [-0.05, 0) is 26.7 Å². The minimum atomic E-state index is -0.434. The number of carbonyl (C=O) groups excluding carboxylic acids is 2. The molecule has 0 N–H and O–H groups in total. The lowest BCUT2D eigenvalue weighted by atomic mass is 10.1. The van der Waals surface area contributed by atoms with Gasteiger partial charge < -0.3 is 0 Å². The van der Waals surface area contributed by atoms with E-state index < -0.39 is 11.9 Å². The van der Waals surface area contributed by atoms with Gasteiger partial charge in [0.05, 0.1) is 12.8 Å². The summed E-state index contributed by atoms with van der Waals surface area (Å²) in [7, 11) is 0. The minimum Gasteiger partial charge on any atom is -0.247 e. The highest BCUT2D eigenvalue weighted by Crippen LogP contribution is 2.18. The van der Waals surface area contributed by atoms with Crippen molar-refractivity contribution in [3.63, 3.8) is 0 Å². The van der Waals surface area contributed by atoms with Crippen LogP contribution in [0.3, 0.4) is 0 Å². The van der Waals surface area contributed by atoms with Crippen LogP contribution in [0.2, 0.25) is 0 Å². The van der Waals surface area contributed by atoms with Gasteiger partial charge in [-0.25, -0.2) is 29.1 Å². The van der Waals surface area contributed by atoms with Gasteiger partial charge in [0.2, 0.25) is 0 Å². The van der Waals surface area contributed by atoms with Crippen molar-refractivity contribution in [1.29, 1.82) is 0 Å². The van der Waals surface area contributed by atoms with Gasteiger partial charge in [-0.1, -0.05) is 90.9 Å². The van der Waals surface area contributed by atoms with Crippen molar-refractivity contribution < 1.29 is 29.1 Å². The average Bonchev–Trinajstić information content (AvgIpc) is 2.70. The second kappa shape index (κ2) is 19.8. The van der Waals surface area contributed by atoms with Crippen LogP contribution in [-0.4, -0.2) is 24.1 Å². The van der Waals surface area contributed by atoms with Crippen LogP contribution in [0.4, 0.5) is 0 Å². The normalized spacial score (nSPS) is 14.3. The van der Waals surface area contributed by atoms with Gasteiger partial charge in [0.1, 0.15) is 12.2 Å². The third-order valence-corrected chi connectivity index (χ3v) is 4.89. The molecule has 0 aromatic rings. The molecule has 1 rings (SSSR count). The van der Waals surface area contributed by atoms with Gasteiger partial charge in [-0.3, -0.25) is 0 Å². The third kappa shape index (κ3) is 20.1. The van der Waals surface area contributed by atoms with Crippen LogP contribution in [0.15, 0.2) is 0 Å². The molecule has 0 bridgehead atoms. The van der Waals surface area contributed by atoms with E-state index in [1.807, 2.05) is 13.8 Å². The molecule has 6 nitrogen and oxygen atoms in total. The minimum absolute atomic E-state index is 0. The van der Waals surface area contributed by atoms with E-state index in [2.05, 4.69) is 33.4 Å². The summed E-state index contributed by atoms with van der Waals surface area (Å²) in [5.74, 6) is -0.868. The number of carbonyl (C=O) groups is 2. The maximum atomic E-state index is 11.5. The zero-order valence-electron chi connectivity index (χ0n) is 20.0. The molecule has 0 aliphatic carbocycles. The van der Waals surface area contributed by atoms with Crippen LogP contribution < -0.4 is 0 Å². The third-order valence-electron chi connectivity index (χ3n) is 4.89. The molecular formula is C24H46O6. The number of hydrogen-bond donors (Lipinski definition) is 0. The highest BCUT2D eigenvalue weighted by molar-refractivity contribution is 5.72. The maximum Gasteiger partial charge on any atom is 0.355 e. The Labute approximate surface area is 184 Å². The molecule has 1 heterocycles. The molecule has 1 aliphatic rings. The van der Waals surface area contributed by atoms with E-state index >= 15 is 0 Å². The average molecular weight is 431 g/mol. The summed E-state index contributed by atoms with van der Waals surface area (Å²) in [5, 5.41) is 0. The first-order chi connectivity index (χ1) is 14.4. The maximum absolute atomic E-state index is 11.5. The van der Waals surface area contributed by atoms with Crippen LogP contribution in [0.25, 0.3) is 0 Å². The van der Waals surface area contributed by atoms with Gasteiger partial charge in [-0.15, -0.1) is 0 Å². The van der Waals surface area contributed by atoms with Crippen LogP contribution in [0, 0.1) is 0 Å². The summed E-state index contributed by atoms with van der Waals surface area (Å²) in [5.41, 5.74) is 0. The molecule has 178 valence electrons. The quantitative estimate of drug-likeness (QED) is 0.149. The fourth-order valence-corrected chi connectivity index (χ4v) is 2.92. The first kappa shape index (κ1) is 28.9. The van der Waals surface area contributed by atoms with Crippen LogP contribution in [0.1, 0.15) is 130 Å². The number of rotatable bonds is 16. The zero-order valence-corrected chi connectivity index (χ0v) is 20.0. The lowest BCUT2D eigenvalue weighted by Gasteiger charge is -2.31. The number of unbranched alkanes of at least 4 members (excludes halogenated alkanes) is 12. The molecule has 0 unspecified atom stereocenters. The molecule has 1 saturated heterocycles. The first-order valence-corrected chi connectivity index (χ1v) is 12.1. The van der Waals surface area contributed by atoms with Crippen LogP contribution in [-0.2, 0) is 29.1 Å². The van der Waals surface area contributed by atoms with E-state index in [1.54, 1.807) is 0 Å². The number of hydrogen-bond acceptors (Lipinski definition) is 6. The molecule has 0 spiro atoms. The Morgan fingerprint density at radius 3 is 1.23 bits per heavy atom. The van der Waals surface area contributed by atoms with Crippen molar-refractivity contribution in [3.8, 4) is 0 Å². The van der Waals surface area contributed by atoms with E-state index in [9.17, 15) is 9.59 Å². The standard InChI is InChI=1S/C20H38O4.C4H8O2/c1-3-5-7-9-11-13-15-17-19(21)23-24-20(22)18-16-14-12-10-8-6-4-2;1-4(2)3-5-6-4/h3-18H2,1-2H3;3H2,1-2H3. The molecule has 0 aromatic heterocycles. The van der Waals surface area contributed by atoms with Crippen LogP contribution in [0.5, 0.6) is 0 Å². The summed E-state index contributed by atoms with van der Waals surface area (Å²) in [6, 6.07) is 0. The van der Waals surface area contributed by atoms with E-state index in [4.69, 9.17) is 0 Å². The molecule has 1 aliphatic heterocycles. The molecule has 0 saturated carbocycles. The van der Waals surface area contributed by atoms with Gasteiger partial charge in [0.25, 0.3) is 0 Å². The summed E-state index contributed by atoms with van der Waals surface area (Å²) < 4.78 is 0. The first-order valence-electron chi connectivity index (χ1n) is 12.1. The van der Waals surface area contributed by atoms with Crippen molar-refractivity contribution >= 4 is 11.9 Å². The Kier molecular flexibility index (Phi) is 19.0. The van der Waals surface area contributed by atoms with Crippen molar-refractivity contribution in [3.05, 3.63) is 0 Å². The van der Waals surface area contributed by atoms with E-state index in [1.165, 1.54) is 51.4 Å². The Bertz CT molecular complexity index is 386. The Hall–Kier alpha value is -1.14. The summed E-state index contributed by atoms with van der Waals surface area (Å²) in [4.78, 5) is 41.1. The molecular weight excluding hydrogens is 384 g/mol. The fourth-order valence-electron chi connectivity index (χ4n) is 2.92. The molecule has 1 fully saturated rings. The second-order valence-corrected chi connectivity index (χ2v) is 8.76. The summed E-state index contributed by atoms with van der Waals surface area (Å²) in [6.07, 6.45) is 16.7. The predicted octanol–water partition coefficient (Wildman–Crippen LogP) is 7.00.